The van der Waals surface area contributed by atoms with Gasteiger partial charge in [0.2, 0.25) is 5.78 Å². The molecule has 1 saturated carbocycles. The second-order valence-corrected chi connectivity index (χ2v) is 6.59. The molecule has 3 heteroatoms. The molecule has 1 N–H and O–H groups in total. The first-order chi connectivity index (χ1) is 8.32. The summed E-state index contributed by atoms with van der Waals surface area (Å²) in [5.74, 6) is -0.202. The van der Waals surface area contributed by atoms with Crippen LogP contribution < -0.4 is 5.32 Å². The summed E-state index contributed by atoms with van der Waals surface area (Å²) in [6, 6.07) is 0.113. The van der Waals surface area contributed by atoms with Crippen molar-refractivity contribution in [3.63, 3.8) is 0 Å². The largest absolute Gasteiger partial charge is 0.347 e. The van der Waals surface area contributed by atoms with Crippen molar-refractivity contribution in [1.82, 2.24) is 5.32 Å². The molecule has 1 rings (SSSR count). The van der Waals surface area contributed by atoms with Crippen LogP contribution in [0.4, 0.5) is 0 Å². The number of rotatable bonds is 3. The highest BCUT2D eigenvalue weighted by Crippen LogP contribution is 2.25. The first kappa shape index (κ1) is 15.2. The molecule has 0 aromatic heterocycles. The summed E-state index contributed by atoms with van der Waals surface area (Å²) in [5, 5.41) is 2.90. The van der Waals surface area contributed by atoms with E-state index < -0.39 is 11.3 Å². The van der Waals surface area contributed by atoms with Crippen LogP contribution in [0.15, 0.2) is 0 Å². The molecule has 1 fully saturated rings. The Labute approximate surface area is 111 Å². The molecule has 0 saturated heterocycles. The van der Waals surface area contributed by atoms with Gasteiger partial charge in [-0.25, -0.2) is 0 Å². The van der Waals surface area contributed by atoms with E-state index in [2.05, 4.69) is 5.32 Å². The molecule has 1 amide bonds. The van der Waals surface area contributed by atoms with Crippen LogP contribution in [-0.2, 0) is 9.59 Å². The third-order valence-corrected chi connectivity index (χ3v) is 3.85. The quantitative estimate of drug-likeness (QED) is 0.620. The van der Waals surface area contributed by atoms with Crippen molar-refractivity contribution in [2.45, 2.75) is 72.3 Å². The molecule has 1 aliphatic rings. The molecule has 0 unspecified atom stereocenters. The van der Waals surface area contributed by atoms with E-state index in [-0.39, 0.29) is 11.8 Å². The molecule has 1 aliphatic carbocycles. The highest BCUT2D eigenvalue weighted by Gasteiger charge is 2.30. The summed E-state index contributed by atoms with van der Waals surface area (Å²) in [5.41, 5.74) is -0.590. The van der Waals surface area contributed by atoms with Crippen LogP contribution in [0.25, 0.3) is 0 Å². The lowest BCUT2D eigenvalue weighted by Gasteiger charge is -2.25. The molecule has 104 valence electrons. The Morgan fingerprint density at radius 2 is 1.56 bits per heavy atom. The van der Waals surface area contributed by atoms with Gasteiger partial charge in [0, 0.05) is 11.5 Å². The Morgan fingerprint density at radius 1 is 1.06 bits per heavy atom. The van der Waals surface area contributed by atoms with Gasteiger partial charge in [-0.05, 0) is 25.7 Å². The zero-order chi connectivity index (χ0) is 13.8. The minimum atomic E-state index is -0.590. The maximum Gasteiger partial charge on any atom is 0.288 e. The van der Waals surface area contributed by atoms with Gasteiger partial charge in [-0.1, -0.05) is 46.5 Å². The van der Waals surface area contributed by atoms with Crippen molar-refractivity contribution in [3.05, 3.63) is 0 Å². The Kier molecular flexibility index (Phi) is 5.36. The number of hydrogen-bond acceptors (Lipinski definition) is 2. The third kappa shape index (κ3) is 4.43. The SMILES string of the molecule is C[C@@H](NC(=O)C(=O)C(C)(C)C)C1CCCCCC1. The lowest BCUT2D eigenvalue weighted by atomic mass is 9.89. The maximum absolute atomic E-state index is 11.9. The number of ketones is 1. The van der Waals surface area contributed by atoms with E-state index in [9.17, 15) is 9.59 Å². The Balaban J connectivity index is 2.50. The van der Waals surface area contributed by atoms with E-state index in [1.165, 1.54) is 38.5 Å². The van der Waals surface area contributed by atoms with Crippen LogP contribution in [0.5, 0.6) is 0 Å². The molecule has 1 atom stereocenters. The fourth-order valence-electron chi connectivity index (χ4n) is 2.54. The van der Waals surface area contributed by atoms with Crippen LogP contribution >= 0.6 is 0 Å². The average Bonchev–Trinajstić information content (AvgIpc) is 2.55. The normalized spacial score (nSPS) is 20.0. The van der Waals surface area contributed by atoms with Gasteiger partial charge in [0.05, 0.1) is 0 Å². The van der Waals surface area contributed by atoms with Gasteiger partial charge in [0.1, 0.15) is 0 Å². The van der Waals surface area contributed by atoms with E-state index in [0.717, 1.165) is 0 Å². The molecule has 0 aromatic carbocycles. The summed E-state index contributed by atoms with van der Waals surface area (Å²) in [7, 11) is 0. The maximum atomic E-state index is 11.9. The average molecular weight is 253 g/mol. The number of Topliss-reactive ketones (excluding diaryl/α,β-unsaturated/α-hetero) is 1. The third-order valence-electron chi connectivity index (χ3n) is 3.85. The van der Waals surface area contributed by atoms with E-state index in [1.54, 1.807) is 20.8 Å². The summed E-state index contributed by atoms with van der Waals surface area (Å²) in [6.07, 6.45) is 7.45. The monoisotopic (exact) mass is 253 g/mol. The summed E-state index contributed by atoms with van der Waals surface area (Å²) in [4.78, 5) is 23.7. The predicted molar refractivity (Wildman–Crippen MR) is 73.3 cm³/mol. The van der Waals surface area contributed by atoms with Crippen LogP contribution in [-0.4, -0.2) is 17.7 Å². The van der Waals surface area contributed by atoms with Crippen LogP contribution in [0.3, 0.4) is 0 Å². The lowest BCUT2D eigenvalue weighted by Crippen LogP contribution is -2.45. The molecular weight excluding hydrogens is 226 g/mol. The van der Waals surface area contributed by atoms with E-state index in [0.29, 0.717) is 5.92 Å². The highest BCUT2D eigenvalue weighted by atomic mass is 16.2. The summed E-state index contributed by atoms with van der Waals surface area (Å²) < 4.78 is 0. The molecule has 0 bridgehead atoms. The molecule has 18 heavy (non-hydrogen) atoms. The fourth-order valence-corrected chi connectivity index (χ4v) is 2.54. The van der Waals surface area contributed by atoms with Gasteiger partial charge >= 0.3 is 0 Å². The number of carbonyl (C=O) groups excluding carboxylic acids is 2. The van der Waals surface area contributed by atoms with Crippen LogP contribution in [0.1, 0.15) is 66.2 Å². The smallest absolute Gasteiger partial charge is 0.288 e. The molecule has 0 spiro atoms. The number of carbonyl (C=O) groups is 2. The van der Waals surface area contributed by atoms with Crippen molar-refractivity contribution < 1.29 is 9.59 Å². The first-order valence-corrected chi connectivity index (χ1v) is 7.17. The van der Waals surface area contributed by atoms with Gasteiger partial charge in [-0.3, -0.25) is 9.59 Å². The van der Waals surface area contributed by atoms with Crippen molar-refractivity contribution in [3.8, 4) is 0 Å². The minimum Gasteiger partial charge on any atom is -0.347 e. The van der Waals surface area contributed by atoms with Crippen molar-refractivity contribution in [1.29, 1.82) is 0 Å². The standard InChI is InChI=1S/C15H27NO2/c1-11(12-9-7-5-6-8-10-12)16-14(18)13(17)15(2,3)4/h11-12H,5-10H2,1-4H3,(H,16,18)/t11-/m1/s1. The minimum absolute atomic E-state index is 0.113. The molecule has 3 nitrogen and oxygen atoms in total. The number of amides is 1. The topological polar surface area (TPSA) is 46.2 Å². The molecule has 0 aliphatic heterocycles. The van der Waals surface area contributed by atoms with Gasteiger partial charge in [0.25, 0.3) is 5.91 Å². The highest BCUT2D eigenvalue weighted by molar-refractivity contribution is 6.37. The molecule has 0 radical (unpaired) electrons. The Morgan fingerprint density at radius 3 is 2.00 bits per heavy atom. The Bertz CT molecular complexity index is 296. The zero-order valence-electron chi connectivity index (χ0n) is 12.2. The van der Waals surface area contributed by atoms with Gasteiger partial charge in [-0.2, -0.15) is 0 Å². The van der Waals surface area contributed by atoms with Gasteiger partial charge in [-0.15, -0.1) is 0 Å². The summed E-state index contributed by atoms with van der Waals surface area (Å²) >= 11 is 0. The molecule has 0 aromatic rings. The van der Waals surface area contributed by atoms with Crippen molar-refractivity contribution in [2.75, 3.05) is 0 Å². The first-order valence-electron chi connectivity index (χ1n) is 7.17. The van der Waals surface area contributed by atoms with E-state index >= 15 is 0 Å². The van der Waals surface area contributed by atoms with Gasteiger partial charge in [0.15, 0.2) is 0 Å². The second kappa shape index (κ2) is 6.35. The van der Waals surface area contributed by atoms with Crippen molar-refractivity contribution >= 4 is 11.7 Å². The molecule has 0 heterocycles. The van der Waals surface area contributed by atoms with E-state index in [4.69, 9.17) is 0 Å². The number of nitrogens with one attached hydrogen (secondary N) is 1. The van der Waals surface area contributed by atoms with Crippen LogP contribution in [0, 0.1) is 11.3 Å². The number of hydrogen-bond donors (Lipinski definition) is 1. The predicted octanol–water partition coefficient (Wildman–Crippen LogP) is 3.08. The Hall–Kier alpha value is -0.860. The second-order valence-electron chi connectivity index (χ2n) is 6.59. The van der Waals surface area contributed by atoms with Gasteiger partial charge < -0.3 is 5.32 Å². The van der Waals surface area contributed by atoms with Crippen molar-refractivity contribution in [2.24, 2.45) is 11.3 Å². The van der Waals surface area contributed by atoms with E-state index in [1.807, 2.05) is 6.92 Å². The molecular formula is C15H27NO2. The fraction of sp³-hybridized carbons (Fsp3) is 0.867. The summed E-state index contributed by atoms with van der Waals surface area (Å²) in [6.45, 7) is 7.38. The van der Waals surface area contributed by atoms with Crippen LogP contribution in [0.2, 0.25) is 0 Å². The zero-order valence-corrected chi connectivity index (χ0v) is 12.2. The lowest BCUT2D eigenvalue weighted by molar-refractivity contribution is -0.143.